The molecular formula is C22H24N4O2. The van der Waals surface area contributed by atoms with Crippen molar-refractivity contribution in [3.05, 3.63) is 63.9 Å². The van der Waals surface area contributed by atoms with Crippen LogP contribution in [0.1, 0.15) is 24.0 Å². The van der Waals surface area contributed by atoms with Gasteiger partial charge in [-0.3, -0.25) is 9.59 Å². The maximum Gasteiger partial charge on any atom is 0.275 e. The second kappa shape index (κ2) is 7.46. The Morgan fingerprint density at radius 1 is 1.04 bits per heavy atom. The molecule has 1 fully saturated rings. The monoisotopic (exact) mass is 376 g/mol. The maximum atomic E-state index is 12.9. The van der Waals surface area contributed by atoms with Crippen molar-refractivity contribution in [2.45, 2.75) is 33.2 Å². The molecule has 0 radical (unpaired) electrons. The molecule has 28 heavy (non-hydrogen) atoms. The summed E-state index contributed by atoms with van der Waals surface area (Å²) in [5.74, 6) is 0.521. The highest BCUT2D eigenvalue weighted by atomic mass is 16.2. The van der Waals surface area contributed by atoms with Gasteiger partial charge >= 0.3 is 0 Å². The third-order valence-corrected chi connectivity index (χ3v) is 5.34. The first-order chi connectivity index (χ1) is 13.5. The summed E-state index contributed by atoms with van der Waals surface area (Å²) >= 11 is 0. The topological polar surface area (TPSA) is 67.2 Å². The summed E-state index contributed by atoms with van der Waals surface area (Å²) in [6, 6.07) is 13.3. The molecule has 2 heterocycles. The molecule has 0 saturated carbocycles. The van der Waals surface area contributed by atoms with Crippen LogP contribution in [0.3, 0.4) is 0 Å². The minimum Gasteiger partial charge on any atom is -0.355 e. The van der Waals surface area contributed by atoms with Gasteiger partial charge in [-0.1, -0.05) is 24.3 Å². The van der Waals surface area contributed by atoms with E-state index in [1.165, 1.54) is 10.2 Å². The van der Waals surface area contributed by atoms with E-state index in [1.807, 2.05) is 50.2 Å². The molecule has 0 unspecified atom stereocenters. The van der Waals surface area contributed by atoms with Gasteiger partial charge in [-0.05, 0) is 56.0 Å². The Morgan fingerprint density at radius 3 is 2.46 bits per heavy atom. The summed E-state index contributed by atoms with van der Waals surface area (Å²) in [6.07, 6.45) is 2.23. The number of carbonyl (C=O) groups is 1. The number of rotatable bonds is 4. The maximum absolute atomic E-state index is 12.9. The van der Waals surface area contributed by atoms with E-state index in [9.17, 15) is 9.59 Å². The number of benzene rings is 2. The molecule has 1 aliphatic rings. The number of carbonyl (C=O) groups excluding carboxylic acids is 1. The summed E-state index contributed by atoms with van der Waals surface area (Å²) < 4.78 is 1.28. The fraction of sp³-hybridized carbons (Fsp3) is 0.318. The zero-order valence-electron chi connectivity index (χ0n) is 16.2. The first kappa shape index (κ1) is 18.2. The van der Waals surface area contributed by atoms with Crippen molar-refractivity contribution < 1.29 is 4.79 Å². The summed E-state index contributed by atoms with van der Waals surface area (Å²) in [5, 5.41) is 8.88. The Labute approximate surface area is 163 Å². The van der Waals surface area contributed by atoms with Gasteiger partial charge in [-0.25, -0.2) is 4.68 Å². The first-order valence-corrected chi connectivity index (χ1v) is 9.65. The number of hydrogen-bond acceptors (Lipinski definition) is 4. The normalized spacial score (nSPS) is 13.9. The van der Waals surface area contributed by atoms with E-state index in [1.54, 1.807) is 6.07 Å². The van der Waals surface area contributed by atoms with Crippen LogP contribution < -0.4 is 15.8 Å². The summed E-state index contributed by atoms with van der Waals surface area (Å²) in [6.45, 7) is 5.76. The Morgan fingerprint density at radius 2 is 1.75 bits per heavy atom. The van der Waals surface area contributed by atoms with Crippen LogP contribution in [0.5, 0.6) is 0 Å². The van der Waals surface area contributed by atoms with Crippen LogP contribution in [-0.2, 0) is 11.3 Å². The smallest absolute Gasteiger partial charge is 0.275 e. The van der Waals surface area contributed by atoms with E-state index in [2.05, 4.69) is 15.3 Å². The predicted molar refractivity (Wildman–Crippen MR) is 112 cm³/mol. The second-order valence-electron chi connectivity index (χ2n) is 7.37. The molecule has 3 aromatic rings. The largest absolute Gasteiger partial charge is 0.355 e. The molecule has 0 spiro atoms. The number of amides is 1. The zero-order chi connectivity index (χ0) is 19.7. The molecule has 1 aliphatic heterocycles. The van der Waals surface area contributed by atoms with Crippen molar-refractivity contribution in [1.82, 2.24) is 9.78 Å². The van der Waals surface area contributed by atoms with Crippen LogP contribution in [0.2, 0.25) is 0 Å². The average Bonchev–Trinajstić information content (AvgIpc) is 3.21. The Balaban J connectivity index is 1.66. The number of nitrogens with one attached hydrogen (secondary N) is 1. The van der Waals surface area contributed by atoms with Crippen LogP contribution >= 0.6 is 0 Å². The van der Waals surface area contributed by atoms with Crippen molar-refractivity contribution in [2.75, 3.05) is 23.3 Å². The molecule has 6 heteroatoms. The third-order valence-electron chi connectivity index (χ3n) is 5.34. The van der Waals surface area contributed by atoms with Crippen LogP contribution in [0.15, 0.2) is 47.3 Å². The van der Waals surface area contributed by atoms with Crippen LogP contribution in [0.4, 0.5) is 11.5 Å². The first-order valence-electron chi connectivity index (χ1n) is 9.65. The SMILES string of the molecule is Cc1ccc(NC(=O)Cn2nc(N3CCCC3)c3ccccc3c2=O)cc1C. The van der Waals surface area contributed by atoms with Gasteiger partial charge in [-0.2, -0.15) is 5.10 Å². The van der Waals surface area contributed by atoms with Gasteiger partial charge < -0.3 is 10.2 Å². The molecule has 1 saturated heterocycles. The number of fused-ring (bicyclic) bond motifs is 1. The molecule has 144 valence electrons. The van der Waals surface area contributed by atoms with E-state index in [0.717, 1.165) is 48.4 Å². The molecule has 0 atom stereocenters. The van der Waals surface area contributed by atoms with Gasteiger partial charge in [0.1, 0.15) is 6.54 Å². The fourth-order valence-electron chi connectivity index (χ4n) is 3.64. The molecule has 0 aliphatic carbocycles. The molecule has 0 bridgehead atoms. The van der Waals surface area contributed by atoms with Gasteiger partial charge in [-0.15, -0.1) is 0 Å². The highest BCUT2D eigenvalue weighted by molar-refractivity contribution is 5.93. The van der Waals surface area contributed by atoms with Crippen molar-refractivity contribution in [1.29, 1.82) is 0 Å². The van der Waals surface area contributed by atoms with E-state index < -0.39 is 0 Å². The van der Waals surface area contributed by atoms with Gasteiger partial charge in [0, 0.05) is 24.2 Å². The van der Waals surface area contributed by atoms with Crippen molar-refractivity contribution in [3.8, 4) is 0 Å². The number of nitrogens with zero attached hydrogens (tertiary/aromatic N) is 3. The highest BCUT2D eigenvalue weighted by Gasteiger charge is 2.20. The van der Waals surface area contributed by atoms with Gasteiger partial charge in [0.2, 0.25) is 5.91 Å². The third kappa shape index (κ3) is 3.50. The van der Waals surface area contributed by atoms with E-state index in [-0.39, 0.29) is 18.0 Å². The summed E-state index contributed by atoms with van der Waals surface area (Å²) in [5.41, 5.74) is 2.76. The highest BCUT2D eigenvalue weighted by Crippen LogP contribution is 2.25. The van der Waals surface area contributed by atoms with Crippen LogP contribution in [0.25, 0.3) is 10.8 Å². The lowest BCUT2D eigenvalue weighted by Gasteiger charge is -2.19. The lowest BCUT2D eigenvalue weighted by molar-refractivity contribution is -0.117. The van der Waals surface area contributed by atoms with Crippen molar-refractivity contribution in [3.63, 3.8) is 0 Å². The molecule has 4 rings (SSSR count). The van der Waals surface area contributed by atoms with E-state index >= 15 is 0 Å². The molecule has 2 aromatic carbocycles. The van der Waals surface area contributed by atoms with Crippen LogP contribution in [0, 0.1) is 13.8 Å². The summed E-state index contributed by atoms with van der Waals surface area (Å²) in [4.78, 5) is 27.7. The number of aromatic nitrogens is 2. The molecule has 1 amide bonds. The van der Waals surface area contributed by atoms with E-state index in [0.29, 0.717) is 5.39 Å². The number of aryl methyl sites for hydroxylation is 2. The second-order valence-corrected chi connectivity index (χ2v) is 7.37. The lowest BCUT2D eigenvalue weighted by atomic mass is 10.1. The van der Waals surface area contributed by atoms with Gasteiger partial charge in [0.25, 0.3) is 5.56 Å². The van der Waals surface area contributed by atoms with Crippen molar-refractivity contribution >= 4 is 28.2 Å². The minimum atomic E-state index is -0.263. The van der Waals surface area contributed by atoms with Gasteiger partial charge in [0.15, 0.2) is 5.82 Å². The Hall–Kier alpha value is -3.15. The quantitative estimate of drug-likeness (QED) is 0.759. The van der Waals surface area contributed by atoms with Crippen LogP contribution in [-0.4, -0.2) is 28.8 Å². The van der Waals surface area contributed by atoms with Gasteiger partial charge in [0.05, 0.1) is 5.39 Å². The molecule has 1 N–H and O–H groups in total. The number of hydrogen-bond donors (Lipinski definition) is 1. The fourth-order valence-corrected chi connectivity index (χ4v) is 3.64. The zero-order valence-corrected chi connectivity index (χ0v) is 16.2. The van der Waals surface area contributed by atoms with Crippen molar-refractivity contribution in [2.24, 2.45) is 0 Å². The Bertz CT molecular complexity index is 1100. The number of anilines is 2. The Kier molecular flexibility index (Phi) is 4.86. The standard InChI is InChI=1S/C22H24N4O2/c1-15-9-10-17(13-16(15)2)23-20(27)14-26-22(28)19-8-4-3-7-18(19)21(24-26)25-11-5-6-12-25/h3-4,7-10,13H,5-6,11-12,14H2,1-2H3,(H,23,27). The molecule has 6 nitrogen and oxygen atoms in total. The average molecular weight is 376 g/mol. The lowest BCUT2D eigenvalue weighted by Crippen LogP contribution is -2.32. The molecule has 1 aromatic heterocycles. The summed E-state index contributed by atoms with van der Waals surface area (Å²) in [7, 11) is 0. The minimum absolute atomic E-state index is 0.114. The molecular weight excluding hydrogens is 352 g/mol. The predicted octanol–water partition coefficient (Wildman–Crippen LogP) is 3.25. The van der Waals surface area contributed by atoms with E-state index in [4.69, 9.17) is 0 Å².